The van der Waals surface area contributed by atoms with Crippen molar-refractivity contribution >= 4 is 27.4 Å². The number of rotatable bonds is 2. The number of hydrogen-bond donors (Lipinski definition) is 1. The zero-order chi connectivity index (χ0) is 10.1. The summed E-state index contributed by atoms with van der Waals surface area (Å²) in [5.41, 5.74) is 6.16. The van der Waals surface area contributed by atoms with Crippen LogP contribution in [0.3, 0.4) is 0 Å². The van der Waals surface area contributed by atoms with E-state index in [1.54, 1.807) is 0 Å². The Morgan fingerprint density at radius 1 is 1.57 bits per heavy atom. The Balaban J connectivity index is 2.58. The number of amides is 1. The third-order valence-corrected chi connectivity index (χ3v) is 2.66. The lowest BCUT2D eigenvalue weighted by Crippen LogP contribution is -2.24. The van der Waals surface area contributed by atoms with Crippen LogP contribution in [0.2, 0.25) is 0 Å². The first-order chi connectivity index (χ1) is 6.66. The molecule has 0 fully saturated rings. The Bertz CT molecular complexity index is 507. The van der Waals surface area contributed by atoms with Gasteiger partial charge in [-0.3, -0.25) is 9.79 Å². The van der Waals surface area contributed by atoms with Gasteiger partial charge in [-0.25, -0.2) is 0 Å². The predicted molar refractivity (Wildman–Crippen MR) is 57.0 cm³/mol. The van der Waals surface area contributed by atoms with E-state index in [1.807, 2.05) is 18.2 Å². The third kappa shape index (κ3) is 1.70. The van der Waals surface area contributed by atoms with E-state index in [1.165, 1.54) is 0 Å². The molecular formula is C10H9BrN2O. The second kappa shape index (κ2) is 3.53. The van der Waals surface area contributed by atoms with Crippen molar-refractivity contribution in [3.63, 3.8) is 0 Å². The van der Waals surface area contributed by atoms with Crippen LogP contribution in [0.25, 0.3) is 5.57 Å². The fourth-order valence-corrected chi connectivity index (χ4v) is 1.92. The number of carbonyl (C=O) groups is 1. The smallest absolute Gasteiger partial charge is 0.221 e. The summed E-state index contributed by atoms with van der Waals surface area (Å²) in [6.07, 6.45) is 0.299. The van der Waals surface area contributed by atoms with Crippen molar-refractivity contribution in [1.29, 1.82) is 0 Å². The summed E-state index contributed by atoms with van der Waals surface area (Å²) in [6, 6.07) is 5.85. The Labute approximate surface area is 89.5 Å². The van der Waals surface area contributed by atoms with E-state index in [-0.39, 0.29) is 5.91 Å². The highest BCUT2D eigenvalue weighted by atomic mass is 79.9. The minimum absolute atomic E-state index is 0.299. The molecule has 0 aliphatic carbocycles. The van der Waals surface area contributed by atoms with Crippen molar-refractivity contribution in [3.8, 4) is 0 Å². The van der Waals surface area contributed by atoms with Gasteiger partial charge in [-0.15, -0.1) is 0 Å². The van der Waals surface area contributed by atoms with Crippen LogP contribution in [0.4, 0.5) is 0 Å². The quantitative estimate of drug-likeness (QED) is 0.799. The van der Waals surface area contributed by atoms with Gasteiger partial charge in [0.1, 0.15) is 0 Å². The Kier molecular flexibility index (Phi) is 2.37. The van der Waals surface area contributed by atoms with E-state index in [4.69, 9.17) is 5.73 Å². The number of nitrogens with two attached hydrogens (primary N) is 1. The summed E-state index contributed by atoms with van der Waals surface area (Å²) < 4.78 is 0.996. The van der Waals surface area contributed by atoms with Gasteiger partial charge in [0.2, 0.25) is 5.91 Å². The van der Waals surface area contributed by atoms with Crippen molar-refractivity contribution in [2.45, 2.75) is 6.42 Å². The molecule has 2 N–H and O–H groups in total. The molecule has 1 amide bonds. The molecule has 0 saturated heterocycles. The molecule has 0 bridgehead atoms. The second-order valence-electron chi connectivity index (χ2n) is 3.22. The molecule has 1 heterocycles. The van der Waals surface area contributed by atoms with Gasteiger partial charge < -0.3 is 5.73 Å². The summed E-state index contributed by atoms with van der Waals surface area (Å²) >= 11 is 3.39. The van der Waals surface area contributed by atoms with Crippen LogP contribution in [0.1, 0.15) is 6.42 Å². The zero-order valence-corrected chi connectivity index (χ0v) is 9.04. The van der Waals surface area contributed by atoms with Gasteiger partial charge in [0.05, 0.1) is 18.3 Å². The molecule has 0 unspecified atom stereocenters. The molecule has 0 atom stereocenters. The van der Waals surface area contributed by atoms with Crippen LogP contribution in [0.5, 0.6) is 0 Å². The van der Waals surface area contributed by atoms with Crippen molar-refractivity contribution in [1.82, 2.24) is 0 Å². The first kappa shape index (κ1) is 9.40. The Hall–Kier alpha value is -1.16. The van der Waals surface area contributed by atoms with Crippen molar-refractivity contribution in [2.75, 3.05) is 6.54 Å². The monoisotopic (exact) mass is 252 g/mol. The molecule has 1 aliphatic rings. The highest BCUT2D eigenvalue weighted by Gasteiger charge is 2.08. The first-order valence-corrected chi connectivity index (χ1v) is 5.06. The topological polar surface area (TPSA) is 55.5 Å². The van der Waals surface area contributed by atoms with Gasteiger partial charge in [-0.05, 0) is 23.8 Å². The van der Waals surface area contributed by atoms with E-state index in [9.17, 15) is 4.79 Å². The SMILES string of the molecule is NC(=O)CC1=c2cc(Br)ccc2=NC1. The molecule has 1 aromatic carbocycles. The summed E-state index contributed by atoms with van der Waals surface area (Å²) in [4.78, 5) is 15.1. The van der Waals surface area contributed by atoms with Crippen molar-refractivity contribution in [2.24, 2.45) is 10.7 Å². The maximum atomic E-state index is 10.8. The van der Waals surface area contributed by atoms with Crippen LogP contribution in [0, 0.1) is 0 Å². The van der Waals surface area contributed by atoms with Gasteiger partial charge in [0.15, 0.2) is 0 Å². The summed E-state index contributed by atoms with van der Waals surface area (Å²) in [5, 5.41) is 1.99. The van der Waals surface area contributed by atoms with Gasteiger partial charge in [-0.1, -0.05) is 15.9 Å². The number of fused-ring (bicyclic) bond motifs is 1. The normalized spacial score (nSPS) is 13.6. The molecule has 1 aromatic rings. The Morgan fingerprint density at radius 2 is 2.36 bits per heavy atom. The minimum atomic E-state index is -0.303. The summed E-state index contributed by atoms with van der Waals surface area (Å²) in [5.74, 6) is -0.303. The molecule has 72 valence electrons. The maximum absolute atomic E-state index is 10.8. The number of benzene rings is 1. The lowest BCUT2D eigenvalue weighted by Gasteiger charge is -1.95. The van der Waals surface area contributed by atoms with Crippen LogP contribution in [0.15, 0.2) is 27.7 Å². The first-order valence-electron chi connectivity index (χ1n) is 4.27. The number of primary amides is 1. The van der Waals surface area contributed by atoms with Crippen LogP contribution in [-0.2, 0) is 4.79 Å². The van der Waals surface area contributed by atoms with Crippen LogP contribution >= 0.6 is 15.9 Å². The van der Waals surface area contributed by atoms with Gasteiger partial charge >= 0.3 is 0 Å². The average molecular weight is 253 g/mol. The number of halogens is 1. The molecule has 0 radical (unpaired) electrons. The summed E-state index contributed by atoms with van der Waals surface area (Å²) in [6.45, 7) is 0.592. The molecule has 3 nitrogen and oxygen atoms in total. The van der Waals surface area contributed by atoms with E-state index in [0.29, 0.717) is 13.0 Å². The maximum Gasteiger partial charge on any atom is 0.221 e. The van der Waals surface area contributed by atoms with E-state index < -0.39 is 0 Å². The molecule has 4 heteroatoms. The highest BCUT2D eigenvalue weighted by Crippen LogP contribution is 2.07. The standard InChI is InChI=1S/C10H9BrN2O/c11-7-1-2-9-8(4-7)6(5-13-9)3-10(12)14/h1-2,4H,3,5H2,(H2,12,14). The van der Waals surface area contributed by atoms with E-state index in [0.717, 1.165) is 20.6 Å². The predicted octanol–water partition coefficient (Wildman–Crippen LogP) is 0.108. The summed E-state index contributed by atoms with van der Waals surface area (Å²) in [7, 11) is 0. The number of hydrogen-bond acceptors (Lipinski definition) is 2. The average Bonchev–Trinajstić information content (AvgIpc) is 2.47. The molecule has 14 heavy (non-hydrogen) atoms. The number of nitrogens with zero attached hydrogens (tertiary/aromatic N) is 1. The zero-order valence-electron chi connectivity index (χ0n) is 7.46. The largest absolute Gasteiger partial charge is 0.369 e. The lowest BCUT2D eigenvalue weighted by molar-refractivity contribution is -0.117. The van der Waals surface area contributed by atoms with E-state index >= 15 is 0 Å². The number of carbonyl (C=O) groups excluding carboxylic acids is 1. The second-order valence-corrected chi connectivity index (χ2v) is 4.14. The molecule has 2 rings (SSSR count). The molecule has 0 spiro atoms. The van der Waals surface area contributed by atoms with Crippen LogP contribution < -0.4 is 16.3 Å². The third-order valence-electron chi connectivity index (χ3n) is 2.17. The highest BCUT2D eigenvalue weighted by molar-refractivity contribution is 9.10. The molecule has 1 aliphatic heterocycles. The fourth-order valence-electron chi connectivity index (χ4n) is 1.56. The van der Waals surface area contributed by atoms with Crippen molar-refractivity contribution < 1.29 is 4.79 Å². The lowest BCUT2D eigenvalue weighted by atomic mass is 10.1. The molecular weight excluding hydrogens is 244 g/mol. The van der Waals surface area contributed by atoms with Gasteiger partial charge in [0.25, 0.3) is 0 Å². The van der Waals surface area contributed by atoms with Gasteiger partial charge in [-0.2, -0.15) is 0 Å². The van der Waals surface area contributed by atoms with E-state index in [2.05, 4.69) is 20.9 Å². The molecule has 0 saturated carbocycles. The Morgan fingerprint density at radius 3 is 3.07 bits per heavy atom. The van der Waals surface area contributed by atoms with Crippen molar-refractivity contribution in [3.05, 3.63) is 33.2 Å². The fraction of sp³-hybridized carbons (Fsp3) is 0.200. The minimum Gasteiger partial charge on any atom is -0.369 e. The van der Waals surface area contributed by atoms with Gasteiger partial charge in [0, 0.05) is 9.69 Å². The van der Waals surface area contributed by atoms with Crippen LogP contribution in [-0.4, -0.2) is 12.5 Å². The molecule has 0 aromatic heterocycles.